The van der Waals surface area contributed by atoms with E-state index in [1.807, 2.05) is 24.3 Å². The lowest BCUT2D eigenvalue weighted by atomic mass is 9.90. The summed E-state index contributed by atoms with van der Waals surface area (Å²) >= 11 is 0. The SMILES string of the molecule is COCCN(C)C(=O)c1ccc(CC2CCN(S(C)(=O)=O)CC2)cc1. The maximum Gasteiger partial charge on any atom is 0.253 e. The minimum absolute atomic E-state index is 0.00920. The van der Waals surface area contributed by atoms with Crippen LogP contribution in [0, 0.1) is 5.92 Å². The first kappa shape index (κ1) is 19.9. The van der Waals surface area contributed by atoms with Crippen LogP contribution in [0.3, 0.4) is 0 Å². The average Bonchev–Trinajstić information content (AvgIpc) is 2.59. The van der Waals surface area contributed by atoms with E-state index >= 15 is 0 Å². The smallest absolute Gasteiger partial charge is 0.253 e. The van der Waals surface area contributed by atoms with Gasteiger partial charge in [0, 0.05) is 39.4 Å². The van der Waals surface area contributed by atoms with Gasteiger partial charge in [0.25, 0.3) is 5.91 Å². The Labute approximate surface area is 150 Å². The molecule has 0 aliphatic carbocycles. The van der Waals surface area contributed by atoms with Crippen molar-refractivity contribution in [2.45, 2.75) is 19.3 Å². The molecule has 1 aromatic carbocycles. The number of likely N-dealkylation sites (N-methyl/N-ethyl adjacent to an activating group) is 1. The second-order valence-electron chi connectivity index (χ2n) is 6.73. The van der Waals surface area contributed by atoms with E-state index in [0.29, 0.717) is 37.7 Å². The summed E-state index contributed by atoms with van der Waals surface area (Å²) in [5.41, 5.74) is 1.86. The average molecular weight is 368 g/mol. The predicted molar refractivity (Wildman–Crippen MR) is 98.1 cm³/mol. The standard InChI is InChI=1S/C18H28N2O4S/c1-19(12-13-24-2)18(21)17-6-4-15(5-7-17)14-16-8-10-20(11-9-16)25(3,22)23/h4-7,16H,8-14H2,1-3H3. The number of piperidine rings is 1. The van der Waals surface area contributed by atoms with E-state index in [0.717, 1.165) is 19.3 Å². The van der Waals surface area contributed by atoms with Crippen LogP contribution in [0.5, 0.6) is 0 Å². The molecule has 1 aromatic rings. The van der Waals surface area contributed by atoms with Crippen molar-refractivity contribution in [2.75, 3.05) is 46.7 Å². The zero-order valence-corrected chi connectivity index (χ0v) is 16.1. The number of amides is 1. The molecule has 0 aromatic heterocycles. The lowest BCUT2D eigenvalue weighted by Crippen LogP contribution is -2.38. The van der Waals surface area contributed by atoms with Gasteiger partial charge < -0.3 is 9.64 Å². The fourth-order valence-electron chi connectivity index (χ4n) is 3.11. The lowest BCUT2D eigenvalue weighted by molar-refractivity contribution is 0.0744. The van der Waals surface area contributed by atoms with E-state index in [2.05, 4.69) is 0 Å². The van der Waals surface area contributed by atoms with Crippen molar-refractivity contribution in [3.05, 3.63) is 35.4 Å². The Morgan fingerprint density at radius 3 is 2.36 bits per heavy atom. The van der Waals surface area contributed by atoms with Gasteiger partial charge in [0.1, 0.15) is 0 Å². The van der Waals surface area contributed by atoms with Crippen molar-refractivity contribution in [2.24, 2.45) is 5.92 Å². The molecule has 1 fully saturated rings. The molecule has 0 saturated carbocycles. The highest BCUT2D eigenvalue weighted by atomic mass is 32.2. The summed E-state index contributed by atoms with van der Waals surface area (Å²) < 4.78 is 29.7. The third kappa shape index (κ3) is 5.80. The third-order valence-corrected chi connectivity index (χ3v) is 6.05. The topological polar surface area (TPSA) is 66.9 Å². The number of benzene rings is 1. The Bertz CT molecular complexity index is 665. The van der Waals surface area contributed by atoms with Crippen LogP contribution in [0.15, 0.2) is 24.3 Å². The Morgan fingerprint density at radius 1 is 1.24 bits per heavy atom. The summed E-state index contributed by atoms with van der Waals surface area (Å²) in [5.74, 6) is 0.481. The minimum atomic E-state index is -3.07. The normalized spacial score (nSPS) is 16.8. The molecular weight excluding hydrogens is 340 g/mol. The molecule has 6 nitrogen and oxygen atoms in total. The third-order valence-electron chi connectivity index (χ3n) is 4.75. The molecule has 7 heteroatoms. The van der Waals surface area contributed by atoms with Crippen LogP contribution in [0.2, 0.25) is 0 Å². The van der Waals surface area contributed by atoms with Crippen molar-refractivity contribution in [1.29, 1.82) is 0 Å². The van der Waals surface area contributed by atoms with E-state index in [1.165, 1.54) is 11.8 Å². The van der Waals surface area contributed by atoms with Crippen LogP contribution in [0.4, 0.5) is 0 Å². The fraction of sp³-hybridized carbons (Fsp3) is 0.611. The van der Waals surface area contributed by atoms with Gasteiger partial charge in [-0.15, -0.1) is 0 Å². The van der Waals surface area contributed by atoms with E-state index in [4.69, 9.17) is 4.74 Å². The first-order valence-electron chi connectivity index (χ1n) is 8.59. The van der Waals surface area contributed by atoms with E-state index in [-0.39, 0.29) is 5.91 Å². The monoisotopic (exact) mass is 368 g/mol. The number of nitrogens with zero attached hydrogens (tertiary/aromatic N) is 2. The van der Waals surface area contributed by atoms with Gasteiger partial charge in [0.2, 0.25) is 10.0 Å². The van der Waals surface area contributed by atoms with Crippen LogP contribution >= 0.6 is 0 Å². The van der Waals surface area contributed by atoms with Gasteiger partial charge >= 0.3 is 0 Å². The fourth-order valence-corrected chi connectivity index (χ4v) is 3.99. The van der Waals surface area contributed by atoms with Crippen LogP contribution in [0.1, 0.15) is 28.8 Å². The second-order valence-corrected chi connectivity index (χ2v) is 8.71. The maximum atomic E-state index is 12.3. The maximum absolute atomic E-state index is 12.3. The first-order chi connectivity index (χ1) is 11.8. The molecule has 1 aliphatic rings. The van der Waals surface area contributed by atoms with Crippen molar-refractivity contribution >= 4 is 15.9 Å². The van der Waals surface area contributed by atoms with Gasteiger partial charge in [-0.2, -0.15) is 0 Å². The van der Waals surface area contributed by atoms with Gasteiger partial charge in [0.05, 0.1) is 12.9 Å². The molecule has 0 N–H and O–H groups in total. The van der Waals surface area contributed by atoms with Gasteiger partial charge in [0.15, 0.2) is 0 Å². The summed E-state index contributed by atoms with van der Waals surface area (Å²) in [6, 6.07) is 7.74. The Hall–Kier alpha value is -1.44. The zero-order valence-electron chi connectivity index (χ0n) is 15.3. The molecule has 1 amide bonds. The quantitative estimate of drug-likeness (QED) is 0.733. The zero-order chi connectivity index (χ0) is 18.4. The van der Waals surface area contributed by atoms with Gasteiger partial charge in [-0.25, -0.2) is 12.7 Å². The summed E-state index contributed by atoms with van der Waals surface area (Å²) in [7, 11) is 0.317. The van der Waals surface area contributed by atoms with Crippen molar-refractivity contribution < 1.29 is 17.9 Å². The lowest BCUT2D eigenvalue weighted by Gasteiger charge is -2.30. The number of carbonyl (C=O) groups is 1. The summed E-state index contributed by atoms with van der Waals surface area (Å²) in [6.45, 7) is 2.29. The largest absolute Gasteiger partial charge is 0.383 e. The predicted octanol–water partition coefficient (Wildman–Crippen LogP) is 1.62. The van der Waals surface area contributed by atoms with Gasteiger partial charge in [-0.1, -0.05) is 12.1 Å². The van der Waals surface area contributed by atoms with Gasteiger partial charge in [-0.3, -0.25) is 4.79 Å². The molecule has 0 radical (unpaired) electrons. The molecule has 0 unspecified atom stereocenters. The highest BCUT2D eigenvalue weighted by Crippen LogP contribution is 2.23. The second kappa shape index (κ2) is 8.78. The molecule has 1 heterocycles. The summed E-state index contributed by atoms with van der Waals surface area (Å²) in [5, 5.41) is 0. The molecule has 140 valence electrons. The van der Waals surface area contributed by atoms with Crippen molar-refractivity contribution in [1.82, 2.24) is 9.21 Å². The minimum Gasteiger partial charge on any atom is -0.383 e. The van der Waals surface area contributed by atoms with Crippen molar-refractivity contribution in [3.8, 4) is 0 Å². The molecule has 1 saturated heterocycles. The number of sulfonamides is 1. The Kier molecular flexibility index (Phi) is 6.98. The van der Waals surface area contributed by atoms with Crippen LogP contribution in [-0.4, -0.2) is 70.2 Å². The number of rotatable bonds is 7. The number of ether oxygens (including phenoxy) is 1. The number of methoxy groups -OCH3 is 1. The molecule has 25 heavy (non-hydrogen) atoms. The Balaban J connectivity index is 1.88. The molecule has 2 rings (SSSR count). The number of carbonyl (C=O) groups excluding carboxylic acids is 1. The first-order valence-corrected chi connectivity index (χ1v) is 10.4. The summed E-state index contributed by atoms with van der Waals surface area (Å²) in [4.78, 5) is 13.9. The summed E-state index contributed by atoms with van der Waals surface area (Å²) in [6.07, 6.45) is 3.96. The van der Waals surface area contributed by atoms with Crippen LogP contribution < -0.4 is 0 Å². The molecule has 1 aliphatic heterocycles. The van der Waals surface area contributed by atoms with Crippen LogP contribution in [0.25, 0.3) is 0 Å². The highest BCUT2D eigenvalue weighted by molar-refractivity contribution is 7.88. The molecule has 0 bridgehead atoms. The van der Waals surface area contributed by atoms with Gasteiger partial charge in [-0.05, 0) is 42.9 Å². The molecule has 0 atom stereocenters. The molecule has 0 spiro atoms. The van der Waals surface area contributed by atoms with E-state index < -0.39 is 10.0 Å². The number of hydrogen-bond acceptors (Lipinski definition) is 4. The Morgan fingerprint density at radius 2 is 1.84 bits per heavy atom. The number of hydrogen-bond donors (Lipinski definition) is 0. The molecular formula is C18H28N2O4S. The van der Waals surface area contributed by atoms with E-state index in [9.17, 15) is 13.2 Å². The highest BCUT2D eigenvalue weighted by Gasteiger charge is 2.24. The van der Waals surface area contributed by atoms with Crippen LogP contribution in [-0.2, 0) is 21.2 Å². The van der Waals surface area contributed by atoms with Crippen molar-refractivity contribution in [3.63, 3.8) is 0 Å². The van der Waals surface area contributed by atoms with E-state index in [1.54, 1.807) is 23.4 Å².